The molecule has 1 aromatic carbocycles. The van der Waals surface area contributed by atoms with Gasteiger partial charge < -0.3 is 4.42 Å². The van der Waals surface area contributed by atoms with E-state index in [0.29, 0.717) is 22.6 Å². The maximum Gasteiger partial charge on any atom is 0.226 e. The molecule has 26 heavy (non-hydrogen) atoms. The number of oxazole rings is 1. The summed E-state index contributed by atoms with van der Waals surface area (Å²) in [7, 11) is 0. The highest BCUT2D eigenvalue weighted by atomic mass is 32.2. The number of benzene rings is 1. The lowest BCUT2D eigenvalue weighted by Gasteiger charge is -1.94. The molecule has 3 aromatic heterocycles. The van der Waals surface area contributed by atoms with Gasteiger partial charge in [0.1, 0.15) is 17.9 Å². The van der Waals surface area contributed by atoms with Crippen molar-refractivity contribution in [2.24, 2.45) is 0 Å². The molecule has 0 unspecified atom stereocenters. The van der Waals surface area contributed by atoms with Gasteiger partial charge in [0, 0.05) is 16.2 Å². The Kier molecular flexibility index (Phi) is 4.94. The fourth-order valence-corrected chi connectivity index (χ4v) is 3.48. The van der Waals surface area contributed by atoms with Crippen LogP contribution in [0.15, 0.2) is 57.6 Å². The number of aromatic nitrogens is 4. The molecule has 0 atom stereocenters. The van der Waals surface area contributed by atoms with Crippen molar-refractivity contribution in [2.45, 2.75) is 10.9 Å². The highest BCUT2D eigenvalue weighted by Gasteiger charge is 2.09. The maximum atomic E-state index is 13.0. The third kappa shape index (κ3) is 4.09. The number of nitrogens with zero attached hydrogens (tertiary/aromatic N) is 3. The molecule has 4 aromatic rings. The summed E-state index contributed by atoms with van der Waals surface area (Å²) in [6, 6.07) is 10.1. The fraction of sp³-hybridized carbons (Fsp3) is 0.0556. The van der Waals surface area contributed by atoms with Crippen LogP contribution in [-0.2, 0) is 5.75 Å². The number of hydrogen-bond donors (Lipinski definition) is 1. The Morgan fingerprint density at radius 3 is 2.85 bits per heavy atom. The van der Waals surface area contributed by atoms with Crippen LogP contribution in [-0.4, -0.2) is 20.2 Å². The fourth-order valence-electron chi connectivity index (χ4n) is 2.18. The van der Waals surface area contributed by atoms with Crippen molar-refractivity contribution >= 4 is 35.3 Å². The quantitative estimate of drug-likeness (QED) is 0.467. The molecule has 3 heterocycles. The molecule has 4 rings (SSSR count). The van der Waals surface area contributed by atoms with Gasteiger partial charge in [0.2, 0.25) is 11.0 Å². The zero-order valence-corrected chi connectivity index (χ0v) is 15.1. The van der Waals surface area contributed by atoms with Crippen molar-refractivity contribution in [1.29, 1.82) is 0 Å². The molecule has 0 bridgehead atoms. The molecule has 0 amide bonds. The van der Waals surface area contributed by atoms with E-state index in [1.165, 1.54) is 23.9 Å². The van der Waals surface area contributed by atoms with E-state index in [4.69, 9.17) is 4.42 Å². The van der Waals surface area contributed by atoms with Crippen LogP contribution < -0.4 is 0 Å². The number of H-pyrrole nitrogens is 1. The Hall–Kier alpha value is -2.71. The Morgan fingerprint density at radius 2 is 2.04 bits per heavy atom. The summed E-state index contributed by atoms with van der Waals surface area (Å²) < 4.78 is 18.4. The summed E-state index contributed by atoms with van der Waals surface area (Å²) in [6.07, 6.45) is 5.48. The van der Waals surface area contributed by atoms with E-state index in [9.17, 15) is 4.39 Å². The van der Waals surface area contributed by atoms with Crippen LogP contribution in [0, 0.1) is 5.82 Å². The first-order chi connectivity index (χ1) is 12.8. The average Bonchev–Trinajstić information content (AvgIpc) is 3.40. The second-order valence-electron chi connectivity index (χ2n) is 5.29. The van der Waals surface area contributed by atoms with Gasteiger partial charge in [0.25, 0.3) is 0 Å². The summed E-state index contributed by atoms with van der Waals surface area (Å²) in [5.74, 6) is 1.46. The molecule has 0 aliphatic heterocycles. The molecule has 0 saturated heterocycles. The lowest BCUT2D eigenvalue weighted by atomic mass is 10.2. The molecule has 1 N–H and O–H groups in total. The van der Waals surface area contributed by atoms with Crippen LogP contribution in [0.2, 0.25) is 0 Å². The molecule has 0 radical (unpaired) electrons. The van der Waals surface area contributed by atoms with E-state index in [2.05, 4.69) is 20.2 Å². The van der Waals surface area contributed by atoms with Crippen molar-refractivity contribution in [1.82, 2.24) is 20.2 Å². The first-order valence-corrected chi connectivity index (χ1v) is 9.60. The summed E-state index contributed by atoms with van der Waals surface area (Å²) >= 11 is 3.13. The number of rotatable bonds is 6. The van der Waals surface area contributed by atoms with E-state index in [1.54, 1.807) is 29.7 Å². The Morgan fingerprint density at radius 1 is 1.15 bits per heavy atom. The van der Waals surface area contributed by atoms with Gasteiger partial charge in [0.05, 0.1) is 5.69 Å². The number of halogens is 1. The van der Waals surface area contributed by atoms with Gasteiger partial charge >= 0.3 is 0 Å². The summed E-state index contributed by atoms with van der Waals surface area (Å²) in [5.41, 5.74) is 1.51. The van der Waals surface area contributed by atoms with Crippen molar-refractivity contribution in [3.05, 3.63) is 70.3 Å². The number of thiophene rings is 1. The molecule has 0 aliphatic carbocycles. The Bertz CT molecular complexity index is 1010. The van der Waals surface area contributed by atoms with Gasteiger partial charge in [-0.1, -0.05) is 17.8 Å². The average molecular weight is 384 g/mol. The summed E-state index contributed by atoms with van der Waals surface area (Å²) in [5, 5.41) is 9.75. The van der Waals surface area contributed by atoms with Crippen LogP contribution in [0.4, 0.5) is 4.39 Å². The molecular weight excluding hydrogens is 371 g/mol. The minimum Gasteiger partial charge on any atom is -0.444 e. The van der Waals surface area contributed by atoms with E-state index in [0.717, 1.165) is 16.1 Å². The first-order valence-electron chi connectivity index (χ1n) is 7.73. The second kappa shape index (κ2) is 7.67. The molecule has 0 spiro atoms. The lowest BCUT2D eigenvalue weighted by Crippen LogP contribution is -1.84. The topological polar surface area (TPSA) is 67.6 Å². The summed E-state index contributed by atoms with van der Waals surface area (Å²) in [6.45, 7) is 0. The van der Waals surface area contributed by atoms with Gasteiger partial charge in [-0.3, -0.25) is 5.10 Å². The van der Waals surface area contributed by atoms with E-state index in [-0.39, 0.29) is 5.82 Å². The molecule has 0 saturated carbocycles. The molecule has 0 fully saturated rings. The zero-order valence-electron chi connectivity index (χ0n) is 13.4. The lowest BCUT2D eigenvalue weighted by molar-refractivity contribution is 0.573. The van der Waals surface area contributed by atoms with Gasteiger partial charge in [-0.15, -0.1) is 16.4 Å². The van der Waals surface area contributed by atoms with E-state index in [1.807, 2.05) is 29.7 Å². The maximum absolute atomic E-state index is 13.0. The van der Waals surface area contributed by atoms with Crippen molar-refractivity contribution in [3.63, 3.8) is 0 Å². The Balaban J connectivity index is 1.37. The van der Waals surface area contributed by atoms with Crippen LogP contribution in [0.3, 0.4) is 0 Å². The van der Waals surface area contributed by atoms with E-state index < -0.39 is 0 Å². The second-order valence-corrected chi connectivity index (χ2v) is 7.21. The van der Waals surface area contributed by atoms with Crippen LogP contribution in [0.5, 0.6) is 0 Å². The number of hydrogen-bond acceptors (Lipinski definition) is 6. The highest BCUT2D eigenvalue weighted by Crippen LogP contribution is 2.23. The van der Waals surface area contributed by atoms with Crippen molar-refractivity contribution in [3.8, 4) is 11.5 Å². The third-order valence-corrected chi connectivity index (χ3v) is 5.14. The predicted molar refractivity (Wildman–Crippen MR) is 101 cm³/mol. The van der Waals surface area contributed by atoms with Crippen molar-refractivity contribution < 1.29 is 8.81 Å². The van der Waals surface area contributed by atoms with Crippen LogP contribution in [0.1, 0.15) is 16.4 Å². The van der Waals surface area contributed by atoms with Gasteiger partial charge in [0.15, 0.2) is 0 Å². The molecule has 5 nitrogen and oxygen atoms in total. The van der Waals surface area contributed by atoms with Crippen LogP contribution in [0.25, 0.3) is 23.6 Å². The monoisotopic (exact) mass is 384 g/mol. The minimum atomic E-state index is -0.287. The normalized spacial score (nSPS) is 11.4. The number of nitrogens with one attached hydrogen (secondary N) is 1. The molecular formula is C18H13FN4OS2. The van der Waals surface area contributed by atoms with Gasteiger partial charge in [-0.05, 0) is 47.9 Å². The molecule has 130 valence electrons. The minimum absolute atomic E-state index is 0.287. The van der Waals surface area contributed by atoms with Gasteiger partial charge in [-0.2, -0.15) is 0 Å². The Labute approximate surface area is 157 Å². The predicted octanol–water partition coefficient (Wildman–Crippen LogP) is 5.12. The summed E-state index contributed by atoms with van der Waals surface area (Å²) in [4.78, 5) is 9.99. The van der Waals surface area contributed by atoms with Crippen LogP contribution >= 0.6 is 23.1 Å². The highest BCUT2D eigenvalue weighted by molar-refractivity contribution is 7.98. The SMILES string of the molecule is Fc1ccc(-c2nc(CSc3n[nH]c(/C=C/c4cccs4)n3)co2)cc1. The largest absolute Gasteiger partial charge is 0.444 e. The molecule has 0 aliphatic rings. The zero-order chi connectivity index (χ0) is 17.8. The van der Waals surface area contributed by atoms with Gasteiger partial charge in [-0.25, -0.2) is 14.4 Å². The molecule has 8 heteroatoms. The standard InChI is InChI=1S/C18H13FN4OS2/c19-13-5-3-12(4-6-13)17-20-14(10-24-17)11-26-18-21-16(22-23-18)8-7-15-2-1-9-25-15/h1-10H,11H2,(H,21,22,23)/b8-7+. The number of aromatic amines is 1. The van der Waals surface area contributed by atoms with Crippen molar-refractivity contribution in [2.75, 3.05) is 0 Å². The third-order valence-electron chi connectivity index (χ3n) is 3.42. The first kappa shape index (κ1) is 16.7. The van der Waals surface area contributed by atoms with E-state index >= 15 is 0 Å². The smallest absolute Gasteiger partial charge is 0.226 e. The number of thioether (sulfide) groups is 1.